The zero-order valence-corrected chi connectivity index (χ0v) is 21.6. The molecule has 0 aliphatic rings. The van der Waals surface area contributed by atoms with Gasteiger partial charge in [0, 0.05) is 15.8 Å². The number of amides is 1. The standard InChI is InChI=1S/C28H28ClN3O5/c1-4-5-11-20(28(34)35)30-27(33)21-16-23(26-24(36-2)12-8-13-25(26)37-3)32(31-21)22-15-14-19(29)17-9-6-7-10-18(17)22/h6-10,12-16,20H,4-5,11H2,1-3H3,(H,30,33)(H,34,35). The van der Waals surface area contributed by atoms with Crippen LogP contribution >= 0.6 is 11.6 Å². The van der Waals surface area contributed by atoms with Crippen LogP contribution in [-0.2, 0) is 4.79 Å². The highest BCUT2D eigenvalue weighted by atomic mass is 35.5. The quantitative estimate of drug-likeness (QED) is 0.276. The topological polar surface area (TPSA) is 103 Å². The third kappa shape index (κ3) is 5.24. The van der Waals surface area contributed by atoms with Gasteiger partial charge in [0.05, 0.1) is 31.2 Å². The number of unbranched alkanes of at least 4 members (excludes halogenated alkanes) is 1. The van der Waals surface area contributed by atoms with E-state index in [1.807, 2.05) is 37.3 Å². The summed E-state index contributed by atoms with van der Waals surface area (Å²) in [6.45, 7) is 1.96. The minimum atomic E-state index is -1.09. The molecule has 0 aliphatic carbocycles. The predicted octanol–water partition coefficient (Wildman–Crippen LogP) is 5.74. The van der Waals surface area contributed by atoms with Crippen molar-refractivity contribution in [1.82, 2.24) is 15.1 Å². The van der Waals surface area contributed by atoms with Crippen molar-refractivity contribution in [3.05, 3.63) is 71.4 Å². The maximum Gasteiger partial charge on any atom is 0.326 e. The van der Waals surface area contributed by atoms with Crippen molar-refractivity contribution < 1.29 is 24.2 Å². The Labute approximate surface area is 219 Å². The Bertz CT molecular complexity index is 1430. The molecule has 0 saturated carbocycles. The van der Waals surface area contributed by atoms with E-state index in [-0.39, 0.29) is 5.69 Å². The number of carboxylic acid groups (broad SMARTS) is 1. The van der Waals surface area contributed by atoms with Crippen LogP contribution in [0.15, 0.2) is 60.7 Å². The molecule has 0 aliphatic heterocycles. The normalized spacial score (nSPS) is 11.8. The Kier molecular flexibility index (Phi) is 7.98. The van der Waals surface area contributed by atoms with E-state index in [1.165, 1.54) is 0 Å². The van der Waals surface area contributed by atoms with Crippen LogP contribution < -0.4 is 14.8 Å². The Morgan fingerprint density at radius 2 is 1.70 bits per heavy atom. The van der Waals surface area contributed by atoms with Gasteiger partial charge in [-0.25, -0.2) is 9.48 Å². The van der Waals surface area contributed by atoms with Crippen molar-refractivity contribution in [2.24, 2.45) is 0 Å². The van der Waals surface area contributed by atoms with E-state index >= 15 is 0 Å². The summed E-state index contributed by atoms with van der Waals surface area (Å²) in [6.07, 6.45) is 1.81. The minimum absolute atomic E-state index is 0.0599. The first-order chi connectivity index (χ1) is 17.9. The van der Waals surface area contributed by atoms with Gasteiger partial charge in [-0.2, -0.15) is 5.10 Å². The molecule has 4 aromatic rings. The van der Waals surface area contributed by atoms with Crippen LogP contribution in [0, 0.1) is 0 Å². The molecule has 8 nitrogen and oxygen atoms in total. The van der Waals surface area contributed by atoms with Gasteiger partial charge in [0.1, 0.15) is 17.5 Å². The highest BCUT2D eigenvalue weighted by Crippen LogP contribution is 2.40. The molecular weight excluding hydrogens is 494 g/mol. The SMILES string of the molecule is CCCCC(NC(=O)c1cc(-c2c(OC)cccc2OC)n(-c2ccc(Cl)c3ccccc23)n1)C(=O)O. The summed E-state index contributed by atoms with van der Waals surface area (Å²) in [6, 6.07) is 17.2. The van der Waals surface area contributed by atoms with E-state index in [0.717, 1.165) is 17.2 Å². The molecule has 0 saturated heterocycles. The second-order valence-corrected chi connectivity index (χ2v) is 8.89. The van der Waals surface area contributed by atoms with Gasteiger partial charge in [0.15, 0.2) is 5.69 Å². The lowest BCUT2D eigenvalue weighted by atomic mass is 10.1. The van der Waals surface area contributed by atoms with Gasteiger partial charge in [0.25, 0.3) is 5.91 Å². The molecule has 1 amide bonds. The zero-order chi connectivity index (χ0) is 26.5. The second-order valence-electron chi connectivity index (χ2n) is 8.48. The Morgan fingerprint density at radius 1 is 1.03 bits per heavy atom. The second kappa shape index (κ2) is 11.3. The molecule has 3 aromatic carbocycles. The number of halogens is 1. The summed E-state index contributed by atoms with van der Waals surface area (Å²) in [4.78, 5) is 25.0. The number of carbonyl (C=O) groups excluding carboxylic acids is 1. The van der Waals surface area contributed by atoms with E-state index in [9.17, 15) is 14.7 Å². The minimum Gasteiger partial charge on any atom is -0.496 e. The smallest absolute Gasteiger partial charge is 0.326 e. The molecular formula is C28H28ClN3O5. The molecule has 9 heteroatoms. The number of methoxy groups -OCH3 is 2. The van der Waals surface area contributed by atoms with Crippen LogP contribution in [0.1, 0.15) is 36.7 Å². The number of carbonyl (C=O) groups is 2. The fraction of sp³-hybridized carbons (Fsp3) is 0.250. The Morgan fingerprint density at radius 3 is 2.32 bits per heavy atom. The van der Waals surface area contributed by atoms with Gasteiger partial charge in [-0.05, 0) is 36.8 Å². The van der Waals surface area contributed by atoms with Crippen LogP contribution in [0.3, 0.4) is 0 Å². The maximum atomic E-state index is 13.2. The van der Waals surface area contributed by atoms with E-state index in [2.05, 4.69) is 10.4 Å². The number of nitrogens with one attached hydrogen (secondary N) is 1. The number of ether oxygens (including phenoxy) is 2. The molecule has 0 bridgehead atoms. The molecule has 0 fully saturated rings. The monoisotopic (exact) mass is 521 g/mol. The van der Waals surface area contributed by atoms with Crippen molar-refractivity contribution in [3.8, 4) is 28.4 Å². The lowest BCUT2D eigenvalue weighted by molar-refractivity contribution is -0.139. The van der Waals surface area contributed by atoms with Crippen LogP contribution in [0.4, 0.5) is 0 Å². The summed E-state index contributed by atoms with van der Waals surface area (Å²) in [7, 11) is 3.10. The van der Waals surface area contributed by atoms with E-state index < -0.39 is 17.9 Å². The number of hydrogen-bond acceptors (Lipinski definition) is 5. The highest BCUT2D eigenvalue weighted by Gasteiger charge is 2.26. The first-order valence-electron chi connectivity index (χ1n) is 11.9. The number of rotatable bonds is 10. The van der Waals surface area contributed by atoms with Crippen LogP contribution in [0.5, 0.6) is 11.5 Å². The summed E-state index contributed by atoms with van der Waals surface area (Å²) < 4.78 is 12.9. The summed E-state index contributed by atoms with van der Waals surface area (Å²) in [5, 5.41) is 19.1. The third-order valence-electron chi connectivity index (χ3n) is 6.15. The Balaban J connectivity index is 1.92. The summed E-state index contributed by atoms with van der Waals surface area (Å²) in [5.41, 5.74) is 1.87. The molecule has 37 heavy (non-hydrogen) atoms. The molecule has 1 unspecified atom stereocenters. The first-order valence-corrected chi connectivity index (χ1v) is 12.3. The van der Waals surface area contributed by atoms with E-state index in [1.54, 1.807) is 49.2 Å². The lowest BCUT2D eigenvalue weighted by Gasteiger charge is -2.16. The number of hydrogen-bond donors (Lipinski definition) is 2. The fourth-order valence-electron chi connectivity index (χ4n) is 4.29. The number of aromatic nitrogens is 2. The predicted molar refractivity (Wildman–Crippen MR) is 143 cm³/mol. The van der Waals surface area contributed by atoms with Crippen molar-refractivity contribution in [2.45, 2.75) is 32.2 Å². The lowest BCUT2D eigenvalue weighted by Crippen LogP contribution is -2.40. The number of fused-ring (bicyclic) bond motifs is 1. The van der Waals surface area contributed by atoms with E-state index in [4.69, 9.17) is 21.1 Å². The van der Waals surface area contributed by atoms with Gasteiger partial charge in [-0.3, -0.25) is 4.79 Å². The van der Waals surface area contributed by atoms with Crippen molar-refractivity contribution >= 4 is 34.2 Å². The number of carboxylic acids is 1. The first kappa shape index (κ1) is 26.0. The average molecular weight is 522 g/mol. The molecule has 1 heterocycles. The summed E-state index contributed by atoms with van der Waals surface area (Å²) in [5.74, 6) is -0.624. The Hall–Kier alpha value is -4.04. The van der Waals surface area contributed by atoms with Gasteiger partial charge < -0.3 is 19.9 Å². The van der Waals surface area contributed by atoms with Gasteiger partial charge in [-0.15, -0.1) is 0 Å². The van der Waals surface area contributed by atoms with E-state index in [0.29, 0.717) is 46.3 Å². The molecule has 2 N–H and O–H groups in total. The average Bonchev–Trinajstić information content (AvgIpc) is 3.35. The van der Waals surface area contributed by atoms with Gasteiger partial charge >= 0.3 is 5.97 Å². The maximum absolute atomic E-state index is 13.2. The molecule has 1 aromatic heterocycles. The van der Waals surface area contributed by atoms with Crippen LogP contribution in [-0.4, -0.2) is 47.0 Å². The zero-order valence-electron chi connectivity index (χ0n) is 20.8. The number of benzene rings is 3. The van der Waals surface area contributed by atoms with Crippen molar-refractivity contribution in [3.63, 3.8) is 0 Å². The van der Waals surface area contributed by atoms with Crippen LogP contribution in [0.2, 0.25) is 5.02 Å². The molecule has 0 spiro atoms. The molecule has 0 radical (unpaired) electrons. The van der Waals surface area contributed by atoms with Crippen LogP contribution in [0.25, 0.3) is 27.7 Å². The third-order valence-corrected chi connectivity index (χ3v) is 6.48. The molecule has 192 valence electrons. The number of aliphatic carboxylic acids is 1. The van der Waals surface area contributed by atoms with Crippen molar-refractivity contribution in [2.75, 3.05) is 14.2 Å². The largest absolute Gasteiger partial charge is 0.496 e. The fourth-order valence-corrected chi connectivity index (χ4v) is 4.51. The van der Waals surface area contributed by atoms with Gasteiger partial charge in [-0.1, -0.05) is 61.7 Å². The van der Waals surface area contributed by atoms with Gasteiger partial charge in [0.2, 0.25) is 0 Å². The number of nitrogens with zero attached hydrogens (tertiary/aromatic N) is 2. The summed E-state index contributed by atoms with van der Waals surface area (Å²) >= 11 is 6.46. The van der Waals surface area contributed by atoms with Crippen molar-refractivity contribution in [1.29, 1.82) is 0 Å². The highest BCUT2D eigenvalue weighted by molar-refractivity contribution is 6.35. The molecule has 1 atom stereocenters. The molecule has 4 rings (SSSR count).